The van der Waals surface area contributed by atoms with Crippen molar-refractivity contribution in [1.29, 1.82) is 0 Å². The minimum absolute atomic E-state index is 0.423. The van der Waals surface area contributed by atoms with Crippen LogP contribution in [0.4, 0.5) is 11.4 Å². The van der Waals surface area contributed by atoms with E-state index < -0.39 is 0 Å². The van der Waals surface area contributed by atoms with Crippen molar-refractivity contribution >= 4 is 17.3 Å². The Hall–Kier alpha value is -2.29. The molecule has 3 nitrogen and oxygen atoms in total. The van der Waals surface area contributed by atoms with Gasteiger partial charge in [-0.25, -0.2) is 4.99 Å². The number of aliphatic imine (C=N–C) groups is 1. The summed E-state index contributed by atoms with van der Waals surface area (Å²) in [6, 6.07) is 16.9. The molecule has 0 aliphatic heterocycles. The van der Waals surface area contributed by atoms with E-state index in [1.165, 1.54) is 62.5 Å². The summed E-state index contributed by atoms with van der Waals surface area (Å²) in [5, 5.41) is 3.18. The second-order valence-corrected chi connectivity index (χ2v) is 7.61. The average molecular weight is 380 g/mol. The highest BCUT2D eigenvalue weighted by Gasteiger charge is 1.99. The number of rotatable bonds is 12. The van der Waals surface area contributed by atoms with E-state index >= 15 is 0 Å². The van der Waals surface area contributed by atoms with Gasteiger partial charge in [0, 0.05) is 5.69 Å². The first kappa shape index (κ1) is 22.0. The van der Waals surface area contributed by atoms with Crippen LogP contribution in [0.5, 0.6) is 0 Å². The number of hydrogen-bond acceptors (Lipinski definition) is 1. The molecule has 2 rings (SSSR count). The fraction of sp³-hybridized carbons (Fsp3) is 0.480. The lowest BCUT2D eigenvalue weighted by Crippen LogP contribution is -2.21. The number of hydrogen-bond donors (Lipinski definition) is 2. The zero-order valence-corrected chi connectivity index (χ0v) is 17.7. The Morgan fingerprint density at radius 3 is 1.71 bits per heavy atom. The highest BCUT2D eigenvalue weighted by Crippen LogP contribution is 2.16. The molecule has 0 unspecified atom stereocenters. The van der Waals surface area contributed by atoms with Crippen molar-refractivity contribution in [3.63, 3.8) is 0 Å². The van der Waals surface area contributed by atoms with Crippen LogP contribution in [-0.4, -0.2) is 5.96 Å². The van der Waals surface area contributed by atoms with Crippen LogP contribution in [0.2, 0.25) is 0 Å². The molecule has 152 valence electrons. The predicted octanol–water partition coefficient (Wildman–Crippen LogP) is 6.99. The van der Waals surface area contributed by atoms with Gasteiger partial charge in [-0.05, 0) is 61.1 Å². The molecule has 0 heterocycles. The summed E-state index contributed by atoms with van der Waals surface area (Å²) in [7, 11) is 0. The van der Waals surface area contributed by atoms with E-state index in [2.05, 4.69) is 60.6 Å². The van der Waals surface area contributed by atoms with E-state index in [-0.39, 0.29) is 0 Å². The first-order chi connectivity index (χ1) is 13.7. The van der Waals surface area contributed by atoms with Crippen LogP contribution >= 0.6 is 0 Å². The van der Waals surface area contributed by atoms with Crippen LogP contribution in [0.3, 0.4) is 0 Å². The van der Waals surface area contributed by atoms with E-state index in [0.717, 1.165) is 24.2 Å². The van der Waals surface area contributed by atoms with Crippen molar-refractivity contribution in [3.8, 4) is 0 Å². The summed E-state index contributed by atoms with van der Waals surface area (Å²) in [5.41, 5.74) is 10.7. The molecule has 2 aromatic rings. The molecule has 0 spiro atoms. The van der Waals surface area contributed by atoms with E-state index in [9.17, 15) is 0 Å². The van der Waals surface area contributed by atoms with Crippen LogP contribution in [0.25, 0.3) is 0 Å². The molecule has 0 radical (unpaired) electrons. The van der Waals surface area contributed by atoms with Crippen molar-refractivity contribution < 1.29 is 0 Å². The van der Waals surface area contributed by atoms with Crippen LogP contribution in [-0.2, 0) is 12.8 Å². The standard InChI is InChI=1S/C25H37N3/c1-3-5-7-9-11-21-13-17-23(18-14-21)27-25(26)28-24-19-15-22(16-20-24)12-10-8-6-4-2/h13-20H,3-12H2,1-2H3,(H3,26,27,28). The maximum atomic E-state index is 6.08. The smallest absolute Gasteiger partial charge is 0.198 e. The minimum atomic E-state index is 0.423. The maximum Gasteiger partial charge on any atom is 0.198 e. The monoisotopic (exact) mass is 379 g/mol. The summed E-state index contributed by atoms with van der Waals surface area (Å²) in [6.07, 6.45) is 12.6. The van der Waals surface area contributed by atoms with Crippen molar-refractivity contribution in [2.24, 2.45) is 10.7 Å². The molecular weight excluding hydrogens is 342 g/mol. The quantitative estimate of drug-likeness (QED) is 0.237. The number of unbranched alkanes of at least 4 members (excludes halogenated alkanes) is 6. The molecule has 0 aliphatic rings. The second kappa shape index (κ2) is 13.0. The number of nitrogens with one attached hydrogen (secondary N) is 1. The molecule has 0 saturated carbocycles. The Morgan fingerprint density at radius 1 is 0.714 bits per heavy atom. The van der Waals surface area contributed by atoms with Gasteiger partial charge in [0.25, 0.3) is 0 Å². The van der Waals surface area contributed by atoms with Crippen LogP contribution in [0.15, 0.2) is 53.5 Å². The largest absolute Gasteiger partial charge is 0.369 e. The van der Waals surface area contributed by atoms with E-state index in [1.54, 1.807) is 0 Å². The molecule has 28 heavy (non-hydrogen) atoms. The lowest BCUT2D eigenvalue weighted by Gasteiger charge is -2.07. The van der Waals surface area contributed by atoms with Crippen molar-refractivity contribution in [3.05, 3.63) is 59.7 Å². The second-order valence-electron chi connectivity index (χ2n) is 7.61. The van der Waals surface area contributed by atoms with E-state index in [1.807, 2.05) is 12.1 Å². The Kier molecular flexibility index (Phi) is 10.2. The Labute approximate surface area is 171 Å². The van der Waals surface area contributed by atoms with Gasteiger partial charge < -0.3 is 11.1 Å². The molecule has 3 heteroatoms. The lowest BCUT2D eigenvalue weighted by molar-refractivity contribution is 0.667. The molecule has 0 saturated heterocycles. The number of benzene rings is 2. The molecule has 0 bridgehead atoms. The summed E-state index contributed by atoms with van der Waals surface area (Å²) in [6.45, 7) is 4.49. The van der Waals surface area contributed by atoms with Crippen LogP contribution < -0.4 is 11.1 Å². The van der Waals surface area contributed by atoms with Gasteiger partial charge in [-0.2, -0.15) is 0 Å². The third kappa shape index (κ3) is 8.60. The van der Waals surface area contributed by atoms with Crippen molar-refractivity contribution in [2.75, 3.05) is 5.32 Å². The van der Waals surface area contributed by atoms with Gasteiger partial charge in [0.1, 0.15) is 0 Å². The molecule has 0 fully saturated rings. The first-order valence-corrected chi connectivity index (χ1v) is 11.0. The van der Waals surface area contributed by atoms with Crippen molar-refractivity contribution in [1.82, 2.24) is 0 Å². The third-order valence-corrected chi connectivity index (χ3v) is 5.05. The molecule has 0 aromatic heterocycles. The Bertz CT molecular complexity index is 687. The van der Waals surface area contributed by atoms with Gasteiger partial charge in [0.2, 0.25) is 0 Å². The topological polar surface area (TPSA) is 50.4 Å². The minimum Gasteiger partial charge on any atom is -0.369 e. The lowest BCUT2D eigenvalue weighted by atomic mass is 10.1. The van der Waals surface area contributed by atoms with Gasteiger partial charge in [-0.1, -0.05) is 76.6 Å². The number of guanidine groups is 1. The molecule has 0 atom stereocenters. The predicted molar refractivity (Wildman–Crippen MR) is 123 cm³/mol. The summed E-state index contributed by atoms with van der Waals surface area (Å²) in [5.74, 6) is 0.423. The normalized spacial score (nSPS) is 11.6. The fourth-order valence-electron chi connectivity index (χ4n) is 3.32. The molecule has 3 N–H and O–H groups in total. The van der Waals surface area contributed by atoms with Crippen molar-refractivity contribution in [2.45, 2.75) is 78.1 Å². The zero-order chi connectivity index (χ0) is 20.0. The molecular formula is C25H37N3. The van der Waals surface area contributed by atoms with Gasteiger partial charge in [-0.15, -0.1) is 0 Å². The van der Waals surface area contributed by atoms with E-state index in [4.69, 9.17) is 5.73 Å². The summed E-state index contributed by atoms with van der Waals surface area (Å²) < 4.78 is 0. The Morgan fingerprint density at radius 2 is 1.21 bits per heavy atom. The average Bonchev–Trinajstić information content (AvgIpc) is 2.71. The molecule has 0 aliphatic carbocycles. The van der Waals surface area contributed by atoms with Gasteiger partial charge >= 0.3 is 0 Å². The fourth-order valence-corrected chi connectivity index (χ4v) is 3.32. The van der Waals surface area contributed by atoms with Gasteiger partial charge in [0.05, 0.1) is 5.69 Å². The van der Waals surface area contributed by atoms with Crippen LogP contribution in [0, 0.1) is 0 Å². The summed E-state index contributed by atoms with van der Waals surface area (Å²) >= 11 is 0. The summed E-state index contributed by atoms with van der Waals surface area (Å²) in [4.78, 5) is 4.48. The zero-order valence-electron chi connectivity index (χ0n) is 17.7. The highest BCUT2D eigenvalue weighted by molar-refractivity contribution is 5.93. The number of nitrogens with two attached hydrogens (primary N) is 1. The number of nitrogens with zero attached hydrogens (tertiary/aromatic N) is 1. The SMILES string of the molecule is CCCCCCc1ccc(N=C(N)Nc2ccc(CCCCCC)cc2)cc1. The number of aryl methyl sites for hydroxylation is 2. The first-order valence-electron chi connectivity index (χ1n) is 11.0. The highest BCUT2D eigenvalue weighted by atomic mass is 15.1. The van der Waals surface area contributed by atoms with E-state index in [0.29, 0.717) is 5.96 Å². The number of anilines is 1. The Balaban J connectivity index is 1.81. The van der Waals surface area contributed by atoms with Gasteiger partial charge in [0.15, 0.2) is 5.96 Å². The van der Waals surface area contributed by atoms with Gasteiger partial charge in [-0.3, -0.25) is 0 Å². The molecule has 0 amide bonds. The maximum absolute atomic E-state index is 6.08. The molecule has 2 aromatic carbocycles. The van der Waals surface area contributed by atoms with Crippen LogP contribution in [0.1, 0.15) is 76.3 Å². The third-order valence-electron chi connectivity index (χ3n) is 5.05.